The van der Waals surface area contributed by atoms with Gasteiger partial charge in [-0.25, -0.2) is 9.97 Å². The molecule has 0 aliphatic carbocycles. The van der Waals surface area contributed by atoms with Gasteiger partial charge in [-0.15, -0.1) is 0 Å². The van der Waals surface area contributed by atoms with Crippen LogP contribution in [0, 0.1) is 18.3 Å². The zero-order valence-electron chi connectivity index (χ0n) is 19.7. The predicted molar refractivity (Wildman–Crippen MR) is 132 cm³/mol. The fourth-order valence-corrected chi connectivity index (χ4v) is 4.94. The molecule has 32 heavy (non-hydrogen) atoms. The SMILES string of the molecule is CCc1c(N2CCCCC2)cc2c(N[C@H](C)c3cccc(C#N)c3)nc(C)nc2c1CC. The number of aromatic nitrogens is 2. The third-order valence-electron chi connectivity index (χ3n) is 6.57. The first-order chi connectivity index (χ1) is 15.5. The average Bonchev–Trinajstić information content (AvgIpc) is 2.83. The Morgan fingerprint density at radius 3 is 2.50 bits per heavy atom. The van der Waals surface area contributed by atoms with Crippen molar-refractivity contribution in [3.8, 4) is 6.07 Å². The van der Waals surface area contributed by atoms with E-state index in [1.54, 1.807) is 0 Å². The van der Waals surface area contributed by atoms with E-state index in [2.05, 4.69) is 49.2 Å². The number of nitrogens with zero attached hydrogens (tertiary/aromatic N) is 4. The second-order valence-electron chi connectivity index (χ2n) is 8.73. The molecule has 2 aromatic carbocycles. The first-order valence-corrected chi connectivity index (χ1v) is 11.9. The van der Waals surface area contributed by atoms with E-state index in [0.717, 1.165) is 54.0 Å². The Morgan fingerprint density at radius 1 is 1.06 bits per heavy atom. The van der Waals surface area contributed by atoms with Crippen LogP contribution in [0.15, 0.2) is 30.3 Å². The summed E-state index contributed by atoms with van der Waals surface area (Å²) in [4.78, 5) is 12.3. The van der Waals surface area contributed by atoms with Gasteiger partial charge in [0.1, 0.15) is 11.6 Å². The second-order valence-corrected chi connectivity index (χ2v) is 8.73. The largest absolute Gasteiger partial charge is 0.371 e. The molecule has 0 saturated carbocycles. The van der Waals surface area contributed by atoms with Gasteiger partial charge in [-0.1, -0.05) is 26.0 Å². The normalized spacial score (nSPS) is 14.9. The zero-order valence-corrected chi connectivity index (χ0v) is 19.7. The Hall–Kier alpha value is -3.13. The van der Waals surface area contributed by atoms with Gasteiger partial charge in [-0.05, 0) is 80.8 Å². The number of hydrogen-bond donors (Lipinski definition) is 1. The molecule has 1 fully saturated rings. The van der Waals surface area contributed by atoms with Gasteiger partial charge in [0.15, 0.2) is 0 Å². The maximum atomic E-state index is 9.28. The van der Waals surface area contributed by atoms with Crippen molar-refractivity contribution in [2.75, 3.05) is 23.3 Å². The van der Waals surface area contributed by atoms with Gasteiger partial charge in [0.05, 0.1) is 23.2 Å². The van der Waals surface area contributed by atoms with Gasteiger partial charge in [0, 0.05) is 24.2 Å². The molecule has 2 heterocycles. The van der Waals surface area contributed by atoms with Gasteiger partial charge in [0.2, 0.25) is 0 Å². The standard InChI is InChI=1S/C27H33N5/c1-5-22-23(6-2)26-24(16-25(22)32-13-8-7-9-14-32)27(31-19(4)30-26)29-18(3)21-12-10-11-20(15-21)17-28/h10-12,15-16,18H,5-9,13-14H2,1-4H3,(H,29,30,31)/t18-/m1/s1. The molecule has 1 aliphatic rings. The number of fused-ring (bicyclic) bond motifs is 1. The maximum Gasteiger partial charge on any atom is 0.138 e. The van der Waals surface area contributed by atoms with Gasteiger partial charge >= 0.3 is 0 Å². The fourth-order valence-electron chi connectivity index (χ4n) is 4.94. The van der Waals surface area contributed by atoms with E-state index >= 15 is 0 Å². The predicted octanol–water partition coefficient (Wildman–Crippen LogP) is 6.10. The molecule has 0 unspecified atom stereocenters. The molecule has 0 amide bonds. The highest BCUT2D eigenvalue weighted by Crippen LogP contribution is 2.36. The summed E-state index contributed by atoms with van der Waals surface area (Å²) in [5.41, 5.74) is 6.95. The number of piperidine rings is 1. The molecule has 166 valence electrons. The van der Waals surface area contributed by atoms with E-state index in [1.807, 2.05) is 25.1 Å². The Labute approximate surface area is 191 Å². The highest BCUT2D eigenvalue weighted by atomic mass is 15.1. The number of nitrogens with one attached hydrogen (secondary N) is 1. The molecule has 1 saturated heterocycles. The van der Waals surface area contributed by atoms with Crippen LogP contribution in [0.25, 0.3) is 10.9 Å². The lowest BCUT2D eigenvalue weighted by Crippen LogP contribution is -2.30. The molecule has 0 bridgehead atoms. The Kier molecular flexibility index (Phi) is 6.60. The second kappa shape index (κ2) is 9.56. The Bertz CT molecular complexity index is 1150. The first-order valence-electron chi connectivity index (χ1n) is 11.9. The van der Waals surface area contributed by atoms with Crippen molar-refractivity contribution in [3.05, 3.63) is 58.4 Å². The van der Waals surface area contributed by atoms with Crippen molar-refractivity contribution >= 4 is 22.4 Å². The molecule has 0 radical (unpaired) electrons. The zero-order chi connectivity index (χ0) is 22.7. The van der Waals surface area contributed by atoms with Crippen LogP contribution in [0.5, 0.6) is 0 Å². The van der Waals surface area contributed by atoms with E-state index in [-0.39, 0.29) is 6.04 Å². The maximum absolute atomic E-state index is 9.28. The molecule has 1 N–H and O–H groups in total. The van der Waals surface area contributed by atoms with Crippen LogP contribution in [0.3, 0.4) is 0 Å². The third-order valence-corrected chi connectivity index (χ3v) is 6.57. The summed E-state index contributed by atoms with van der Waals surface area (Å²) in [6.07, 6.45) is 5.79. The van der Waals surface area contributed by atoms with Gasteiger partial charge in [0.25, 0.3) is 0 Å². The summed E-state index contributed by atoms with van der Waals surface area (Å²) < 4.78 is 0. The van der Waals surface area contributed by atoms with Crippen molar-refractivity contribution in [2.45, 2.75) is 65.8 Å². The fraction of sp³-hybridized carbons (Fsp3) is 0.444. The number of hydrogen-bond acceptors (Lipinski definition) is 5. The summed E-state index contributed by atoms with van der Waals surface area (Å²) in [5, 5.41) is 14.0. The molecule has 0 spiro atoms. The van der Waals surface area contributed by atoms with E-state index in [9.17, 15) is 5.26 Å². The van der Waals surface area contributed by atoms with Gasteiger partial charge in [-0.3, -0.25) is 0 Å². The topological polar surface area (TPSA) is 64.8 Å². The number of aryl methyl sites for hydroxylation is 2. The van der Waals surface area contributed by atoms with Crippen LogP contribution in [0.2, 0.25) is 0 Å². The number of rotatable bonds is 6. The Morgan fingerprint density at radius 2 is 1.81 bits per heavy atom. The minimum atomic E-state index is 0.0233. The average molecular weight is 428 g/mol. The van der Waals surface area contributed by atoms with Crippen LogP contribution < -0.4 is 10.2 Å². The Balaban J connectivity index is 1.84. The van der Waals surface area contributed by atoms with Gasteiger partial charge in [-0.2, -0.15) is 5.26 Å². The van der Waals surface area contributed by atoms with Crippen LogP contribution >= 0.6 is 0 Å². The van der Waals surface area contributed by atoms with Crippen molar-refractivity contribution in [2.24, 2.45) is 0 Å². The smallest absolute Gasteiger partial charge is 0.138 e. The molecule has 5 heteroatoms. The van der Waals surface area contributed by atoms with E-state index in [1.165, 1.54) is 36.1 Å². The van der Waals surface area contributed by atoms with E-state index < -0.39 is 0 Å². The minimum Gasteiger partial charge on any atom is -0.371 e. The molecule has 5 nitrogen and oxygen atoms in total. The molecular weight excluding hydrogens is 394 g/mol. The summed E-state index contributed by atoms with van der Waals surface area (Å²) in [5.74, 6) is 1.65. The number of nitriles is 1. The molecule has 1 aromatic heterocycles. The van der Waals surface area contributed by atoms with Crippen molar-refractivity contribution in [1.82, 2.24) is 9.97 Å². The lowest BCUT2D eigenvalue weighted by Gasteiger charge is -2.32. The lowest BCUT2D eigenvalue weighted by atomic mass is 9.95. The first kappa shape index (κ1) is 22.1. The summed E-state index contributed by atoms with van der Waals surface area (Å²) in [7, 11) is 0. The quantitative estimate of drug-likeness (QED) is 0.515. The molecule has 1 atom stereocenters. The van der Waals surface area contributed by atoms with E-state index in [4.69, 9.17) is 9.97 Å². The minimum absolute atomic E-state index is 0.0233. The van der Waals surface area contributed by atoms with Gasteiger partial charge < -0.3 is 10.2 Å². The highest BCUT2D eigenvalue weighted by molar-refractivity contribution is 5.96. The monoisotopic (exact) mass is 427 g/mol. The molecular formula is C27H33N5. The lowest BCUT2D eigenvalue weighted by molar-refractivity contribution is 0.576. The van der Waals surface area contributed by atoms with Crippen LogP contribution in [0.4, 0.5) is 11.5 Å². The molecule has 4 rings (SSSR count). The summed E-state index contributed by atoms with van der Waals surface area (Å²) in [6.45, 7) is 10.8. The van der Waals surface area contributed by atoms with Crippen LogP contribution in [0.1, 0.15) is 74.2 Å². The van der Waals surface area contributed by atoms with Crippen molar-refractivity contribution in [3.63, 3.8) is 0 Å². The molecule has 1 aliphatic heterocycles. The van der Waals surface area contributed by atoms with Crippen LogP contribution in [-0.4, -0.2) is 23.1 Å². The van der Waals surface area contributed by atoms with Crippen LogP contribution in [-0.2, 0) is 12.8 Å². The number of anilines is 2. The molecule has 3 aromatic rings. The summed E-state index contributed by atoms with van der Waals surface area (Å²) in [6, 6.07) is 12.4. The highest BCUT2D eigenvalue weighted by Gasteiger charge is 2.21. The number of benzene rings is 2. The third kappa shape index (κ3) is 4.27. The van der Waals surface area contributed by atoms with Crippen molar-refractivity contribution < 1.29 is 0 Å². The van der Waals surface area contributed by atoms with E-state index in [0.29, 0.717) is 5.56 Å². The van der Waals surface area contributed by atoms with Crippen molar-refractivity contribution in [1.29, 1.82) is 5.26 Å². The summed E-state index contributed by atoms with van der Waals surface area (Å²) >= 11 is 0.